The van der Waals surface area contributed by atoms with Crippen LogP contribution in [0.3, 0.4) is 0 Å². The molecule has 31 heavy (non-hydrogen) atoms. The first-order chi connectivity index (χ1) is 14.9. The van der Waals surface area contributed by atoms with Crippen LogP contribution >= 0.6 is 11.3 Å². The smallest absolute Gasteiger partial charge is 0.208 e. The Hall–Kier alpha value is -3.80. The fourth-order valence-electron chi connectivity index (χ4n) is 3.56. The lowest BCUT2D eigenvalue weighted by atomic mass is 10.00. The Morgan fingerprint density at radius 1 is 0.968 bits per heavy atom. The van der Waals surface area contributed by atoms with Crippen molar-refractivity contribution in [3.05, 3.63) is 88.4 Å². The molecule has 1 aliphatic heterocycles. The molecule has 1 N–H and O–H groups in total. The number of thiazole rings is 1. The third-order valence-electron chi connectivity index (χ3n) is 5.07. The molecule has 0 unspecified atom stereocenters. The second-order valence-electron chi connectivity index (χ2n) is 6.86. The molecular weight excluding hydrogens is 432 g/mol. The molecule has 5 rings (SSSR count). The van der Waals surface area contributed by atoms with Crippen molar-refractivity contribution in [1.82, 2.24) is 4.98 Å². The van der Waals surface area contributed by atoms with Crippen molar-refractivity contribution in [2.75, 3.05) is 0 Å². The summed E-state index contributed by atoms with van der Waals surface area (Å²) in [6.45, 7) is 0. The van der Waals surface area contributed by atoms with Gasteiger partial charge >= 0.3 is 0 Å². The maximum absolute atomic E-state index is 13.1. The summed E-state index contributed by atoms with van der Waals surface area (Å²) in [5.74, 6) is -0.798. The zero-order valence-electron chi connectivity index (χ0n) is 15.7. The number of aliphatic hydroxyl groups is 1. The number of hydrogen-bond donors (Lipinski definition) is 1. The topological polar surface area (TPSA) is 108 Å². The number of aliphatic hydroxyl groups excluding tert-OH is 1. The Labute approximate surface area is 181 Å². The molecule has 150 valence electrons. The average molecular weight is 444 g/mol. The number of hydrogen-bond acceptors (Lipinski definition) is 7. The van der Waals surface area contributed by atoms with Crippen molar-refractivity contribution >= 4 is 48.5 Å². The van der Waals surface area contributed by atoms with E-state index in [0.29, 0.717) is 10.5 Å². The number of para-hydroxylation sites is 1. The maximum Gasteiger partial charge on any atom is 0.208 e. The molecule has 0 atom stereocenters. The Kier molecular flexibility index (Phi) is 4.25. The van der Waals surface area contributed by atoms with Gasteiger partial charge in [-0.3, -0.25) is 4.79 Å². The molecular formula is C23H12N2O4S2. The van der Waals surface area contributed by atoms with Crippen LogP contribution in [0.1, 0.15) is 26.5 Å². The van der Waals surface area contributed by atoms with Crippen LogP contribution in [0, 0.1) is 11.3 Å². The summed E-state index contributed by atoms with van der Waals surface area (Å²) < 4.78 is 27.1. The van der Waals surface area contributed by atoms with Crippen LogP contribution in [0.5, 0.6) is 0 Å². The molecule has 0 fully saturated rings. The second-order valence-corrected chi connectivity index (χ2v) is 9.78. The van der Waals surface area contributed by atoms with Crippen LogP contribution in [-0.4, -0.2) is 24.3 Å². The molecule has 0 saturated heterocycles. The minimum absolute atomic E-state index is 0.0359. The molecule has 0 spiro atoms. The highest BCUT2D eigenvalue weighted by atomic mass is 32.2. The summed E-state index contributed by atoms with van der Waals surface area (Å²) in [5, 5.41) is 20.8. The number of fused-ring (bicyclic) bond motifs is 3. The van der Waals surface area contributed by atoms with Gasteiger partial charge in [0.25, 0.3) is 0 Å². The number of aromatic nitrogens is 1. The Morgan fingerprint density at radius 2 is 1.68 bits per heavy atom. The van der Waals surface area contributed by atoms with Crippen LogP contribution in [0.25, 0.3) is 21.5 Å². The van der Waals surface area contributed by atoms with E-state index in [9.17, 15) is 23.6 Å². The number of carbonyl (C=O) groups is 1. The van der Waals surface area contributed by atoms with E-state index < -0.39 is 21.4 Å². The number of sulfone groups is 1. The van der Waals surface area contributed by atoms with Gasteiger partial charge in [0.15, 0.2) is 5.78 Å². The van der Waals surface area contributed by atoms with E-state index in [4.69, 9.17) is 0 Å². The number of ketones is 1. The van der Waals surface area contributed by atoms with Gasteiger partial charge in [-0.2, -0.15) is 5.26 Å². The van der Waals surface area contributed by atoms with Gasteiger partial charge in [-0.15, -0.1) is 11.3 Å². The third-order valence-corrected chi connectivity index (χ3v) is 7.97. The molecule has 3 aromatic carbocycles. The molecule has 6 nitrogen and oxygen atoms in total. The SMILES string of the molecule is N#C/C(=C(\O)c1ccc2c(c1)S(=O)(=O)c1ccccc1C2=O)c1nc2ccccc2s1. The van der Waals surface area contributed by atoms with Gasteiger partial charge in [0.05, 0.1) is 20.0 Å². The number of carbonyl (C=O) groups excluding carboxylic acids is 1. The fraction of sp³-hybridized carbons (Fsp3) is 0. The normalized spacial score (nSPS) is 15.0. The van der Waals surface area contributed by atoms with E-state index in [2.05, 4.69) is 4.98 Å². The molecule has 8 heteroatoms. The molecule has 0 aliphatic carbocycles. The molecule has 1 aromatic heterocycles. The molecule has 1 aliphatic rings. The minimum atomic E-state index is -3.96. The first-order valence-electron chi connectivity index (χ1n) is 9.14. The van der Waals surface area contributed by atoms with Gasteiger partial charge in [0.2, 0.25) is 9.84 Å². The van der Waals surface area contributed by atoms with Crippen molar-refractivity contribution in [1.29, 1.82) is 5.26 Å². The van der Waals surface area contributed by atoms with E-state index in [1.54, 1.807) is 18.2 Å². The van der Waals surface area contributed by atoms with Gasteiger partial charge in [0, 0.05) is 16.7 Å². The van der Waals surface area contributed by atoms with Crippen LogP contribution in [0.2, 0.25) is 0 Å². The van der Waals surface area contributed by atoms with Crippen molar-refractivity contribution in [2.45, 2.75) is 9.79 Å². The summed E-state index contributed by atoms with van der Waals surface area (Å²) >= 11 is 1.25. The van der Waals surface area contributed by atoms with E-state index in [1.165, 1.54) is 41.7 Å². The van der Waals surface area contributed by atoms with Gasteiger partial charge < -0.3 is 5.11 Å². The lowest BCUT2D eigenvalue weighted by molar-refractivity contribution is 0.103. The quantitative estimate of drug-likeness (QED) is 0.314. The standard InChI is InChI=1S/C23H12N2O4S2/c24-12-16(23-25-17-6-2-3-7-18(17)30-23)21(26)13-9-10-15-20(11-13)31(28,29)19-8-4-1-5-14(19)22(15)27/h1-11,26H/b21-16+. The Bertz CT molecular complexity index is 1560. The number of benzene rings is 3. The van der Waals surface area contributed by atoms with Crippen molar-refractivity contribution in [3.63, 3.8) is 0 Å². The Balaban J connectivity index is 1.69. The highest BCUT2D eigenvalue weighted by Crippen LogP contribution is 2.37. The number of rotatable bonds is 2. The van der Waals surface area contributed by atoms with Crippen LogP contribution in [-0.2, 0) is 9.84 Å². The largest absolute Gasteiger partial charge is 0.506 e. The molecule has 0 radical (unpaired) electrons. The van der Waals surface area contributed by atoms with Gasteiger partial charge in [0.1, 0.15) is 22.4 Å². The van der Waals surface area contributed by atoms with E-state index in [-0.39, 0.29) is 32.1 Å². The van der Waals surface area contributed by atoms with E-state index >= 15 is 0 Å². The maximum atomic E-state index is 13.1. The average Bonchev–Trinajstić information content (AvgIpc) is 3.21. The monoisotopic (exact) mass is 444 g/mol. The van der Waals surface area contributed by atoms with E-state index in [1.807, 2.05) is 24.3 Å². The fourth-order valence-corrected chi connectivity index (χ4v) is 6.20. The van der Waals surface area contributed by atoms with E-state index in [0.717, 1.165) is 4.70 Å². The van der Waals surface area contributed by atoms with Crippen molar-refractivity contribution < 1.29 is 18.3 Å². The summed E-state index contributed by atoms with van der Waals surface area (Å²) in [5.41, 5.74) is 0.896. The molecule has 0 bridgehead atoms. The molecule has 2 heterocycles. The molecule has 4 aromatic rings. The van der Waals surface area contributed by atoms with Gasteiger partial charge in [-0.05, 0) is 36.4 Å². The van der Waals surface area contributed by atoms with Crippen LogP contribution in [0.4, 0.5) is 0 Å². The summed E-state index contributed by atoms with van der Waals surface area (Å²) in [6, 6.07) is 19.4. The zero-order chi connectivity index (χ0) is 21.8. The van der Waals surface area contributed by atoms with Gasteiger partial charge in [-0.1, -0.05) is 30.3 Å². The second kappa shape index (κ2) is 6.87. The summed E-state index contributed by atoms with van der Waals surface area (Å²) in [6.07, 6.45) is 0. The highest BCUT2D eigenvalue weighted by Gasteiger charge is 2.35. The third kappa shape index (κ3) is 2.86. The zero-order valence-corrected chi connectivity index (χ0v) is 17.4. The summed E-state index contributed by atoms with van der Waals surface area (Å²) in [7, 11) is -3.96. The highest BCUT2D eigenvalue weighted by molar-refractivity contribution is 7.91. The lowest BCUT2D eigenvalue weighted by Crippen LogP contribution is -2.20. The predicted octanol–water partition coefficient (Wildman–Crippen LogP) is 4.62. The number of nitrogens with zero attached hydrogens (tertiary/aromatic N) is 2. The number of nitriles is 1. The van der Waals surface area contributed by atoms with Crippen molar-refractivity contribution in [3.8, 4) is 6.07 Å². The predicted molar refractivity (Wildman–Crippen MR) is 116 cm³/mol. The lowest BCUT2D eigenvalue weighted by Gasteiger charge is -2.19. The summed E-state index contributed by atoms with van der Waals surface area (Å²) in [4.78, 5) is 16.9. The molecule has 0 amide bonds. The Morgan fingerprint density at radius 3 is 2.45 bits per heavy atom. The van der Waals surface area contributed by atoms with Crippen molar-refractivity contribution in [2.24, 2.45) is 0 Å². The first-order valence-corrected chi connectivity index (χ1v) is 11.4. The number of allylic oxidation sites excluding steroid dienone is 1. The minimum Gasteiger partial charge on any atom is -0.506 e. The van der Waals surface area contributed by atoms with Crippen LogP contribution < -0.4 is 0 Å². The van der Waals surface area contributed by atoms with Crippen LogP contribution in [0.15, 0.2) is 76.5 Å². The van der Waals surface area contributed by atoms with Gasteiger partial charge in [-0.25, -0.2) is 13.4 Å². The molecule has 0 saturated carbocycles. The first kappa shape index (κ1) is 19.2.